The second-order valence-corrected chi connectivity index (χ2v) is 28.2. The van der Waals surface area contributed by atoms with Crippen LogP contribution in [-0.2, 0) is 0 Å². The largest absolute Gasteiger partial charge is 0.455 e. The normalized spacial score (nSPS) is 11.7. The fourth-order valence-electron chi connectivity index (χ4n) is 16.5. The van der Waals surface area contributed by atoms with Gasteiger partial charge in [0, 0.05) is 105 Å². The van der Waals surface area contributed by atoms with E-state index in [0.29, 0.717) is 32.9 Å². The first-order chi connectivity index (χ1) is 53.1. The molecule has 500 valence electrons. The summed E-state index contributed by atoms with van der Waals surface area (Å²) >= 11 is 1.59. The molecule has 0 aliphatic heterocycles. The summed E-state index contributed by atoms with van der Waals surface area (Å²) in [4.78, 5) is 10.2. The molecule has 5 heterocycles. The Morgan fingerprint density at radius 2 is 0.664 bits per heavy atom. The lowest BCUT2D eigenvalue weighted by molar-refractivity contribution is 0.669. The predicted octanol–water partition coefficient (Wildman–Crippen LogP) is 27.4. The van der Waals surface area contributed by atoms with E-state index in [4.69, 9.17) is 13.8 Å². The van der Waals surface area contributed by atoms with Crippen molar-refractivity contribution in [2.75, 3.05) is 9.80 Å². The minimum Gasteiger partial charge on any atom is -0.455 e. The number of rotatable bonds is 13. The summed E-state index contributed by atoms with van der Waals surface area (Å²) in [6.45, 7) is 0. The standard InChI is InChI=1S/C98H60N6O2S/c99-61-82-91(78-39-23-37-76-74-35-15-20-44-88(74)105-96(76)78)94(103-84-42-18-13-33-72(84)80-59-64(51-57-86(80)103)62-47-53-70(54-48-62)101(66-25-5-1-6-26-66)67-27-7-2-8-28-67)95(92(93(82)98-100-83-41-17-22-46-90(83)107-98)79-40-24-38-77-75-36-16-21-45-89(75)106-97(77)79)104-85-43-19-14-34-73(85)81-60-65(52-58-87(81)104)63-49-55-71(56-50-63)102(68-29-9-3-10-30-68)69-31-11-4-12-32-69/h1-60H. The van der Waals surface area contributed by atoms with Crippen LogP contribution in [0.5, 0.6) is 0 Å². The van der Waals surface area contributed by atoms with Crippen molar-refractivity contribution in [2.24, 2.45) is 0 Å². The highest BCUT2D eigenvalue weighted by Crippen LogP contribution is 2.56. The maximum absolute atomic E-state index is 13.0. The highest BCUT2D eigenvalue weighted by Gasteiger charge is 2.36. The first-order valence-corrected chi connectivity index (χ1v) is 36.8. The van der Waals surface area contributed by atoms with Gasteiger partial charge in [-0.3, -0.25) is 0 Å². The molecule has 0 amide bonds. The van der Waals surface area contributed by atoms with Crippen LogP contribution in [0.25, 0.3) is 164 Å². The maximum Gasteiger partial charge on any atom is 0.143 e. The predicted molar refractivity (Wildman–Crippen MR) is 444 cm³/mol. The van der Waals surface area contributed by atoms with Crippen molar-refractivity contribution in [2.45, 2.75) is 0 Å². The van der Waals surface area contributed by atoms with E-state index in [9.17, 15) is 5.26 Å². The van der Waals surface area contributed by atoms with Gasteiger partial charge in [-0.1, -0.05) is 231 Å². The summed E-state index contributed by atoms with van der Waals surface area (Å²) in [6.07, 6.45) is 0. The third-order valence-corrected chi connectivity index (χ3v) is 22.2. The molecular formula is C98H60N6O2S. The molecule has 21 aromatic rings. The molecule has 0 aliphatic rings. The van der Waals surface area contributed by atoms with Crippen molar-refractivity contribution >= 4 is 143 Å². The number of aromatic nitrogens is 3. The summed E-state index contributed by atoms with van der Waals surface area (Å²) in [5.74, 6) is 0. The van der Waals surface area contributed by atoms with E-state index in [2.05, 4.69) is 359 Å². The first kappa shape index (κ1) is 61.4. The Morgan fingerprint density at radius 1 is 0.299 bits per heavy atom. The average Bonchev–Trinajstić information content (AvgIpc) is 1.58. The van der Waals surface area contributed by atoms with Gasteiger partial charge >= 0.3 is 0 Å². The van der Waals surface area contributed by atoms with Crippen LogP contribution in [-0.4, -0.2) is 14.1 Å². The number of furan rings is 2. The van der Waals surface area contributed by atoms with Crippen molar-refractivity contribution in [3.63, 3.8) is 0 Å². The number of fused-ring (bicyclic) bond motifs is 13. The van der Waals surface area contributed by atoms with Crippen LogP contribution < -0.4 is 9.80 Å². The Balaban J connectivity index is 0.890. The van der Waals surface area contributed by atoms with Crippen LogP contribution in [0.3, 0.4) is 0 Å². The van der Waals surface area contributed by atoms with Crippen LogP contribution in [0, 0.1) is 11.3 Å². The minimum absolute atomic E-state index is 0.436. The van der Waals surface area contributed by atoms with Gasteiger partial charge in [0.15, 0.2) is 0 Å². The first-order valence-electron chi connectivity index (χ1n) is 36.0. The zero-order chi connectivity index (χ0) is 70.6. The van der Waals surface area contributed by atoms with E-state index in [0.717, 1.165) is 171 Å². The van der Waals surface area contributed by atoms with Crippen molar-refractivity contribution in [1.29, 1.82) is 5.26 Å². The Labute approximate surface area is 619 Å². The number of hydrogen-bond acceptors (Lipinski definition) is 7. The van der Waals surface area contributed by atoms with E-state index in [1.54, 1.807) is 11.3 Å². The minimum atomic E-state index is 0.436. The molecule has 16 aromatic carbocycles. The van der Waals surface area contributed by atoms with Gasteiger partial charge in [-0.2, -0.15) is 5.26 Å². The molecule has 8 nitrogen and oxygen atoms in total. The molecule has 107 heavy (non-hydrogen) atoms. The van der Waals surface area contributed by atoms with Gasteiger partial charge in [-0.15, -0.1) is 11.3 Å². The molecule has 0 unspecified atom stereocenters. The lowest BCUT2D eigenvalue weighted by atomic mass is 9.85. The Bertz CT molecular complexity index is 7020. The summed E-state index contributed by atoms with van der Waals surface area (Å²) < 4.78 is 20.5. The number of benzene rings is 16. The monoisotopic (exact) mass is 1380 g/mol. The lowest BCUT2D eigenvalue weighted by Crippen LogP contribution is -2.11. The van der Waals surface area contributed by atoms with Crippen molar-refractivity contribution < 1.29 is 8.83 Å². The highest BCUT2D eigenvalue weighted by atomic mass is 32.1. The van der Waals surface area contributed by atoms with Gasteiger partial charge in [0.2, 0.25) is 0 Å². The fraction of sp³-hybridized carbons (Fsp3) is 0. The van der Waals surface area contributed by atoms with Gasteiger partial charge in [0.05, 0.1) is 49.2 Å². The zero-order valence-corrected chi connectivity index (χ0v) is 58.4. The topological polar surface area (TPSA) is 79.3 Å². The Morgan fingerprint density at radius 3 is 1.12 bits per heavy atom. The summed E-state index contributed by atoms with van der Waals surface area (Å²) in [5.41, 5.74) is 23.9. The molecule has 21 rings (SSSR count). The van der Waals surface area contributed by atoms with Gasteiger partial charge < -0.3 is 27.8 Å². The van der Waals surface area contributed by atoms with Crippen molar-refractivity contribution in [1.82, 2.24) is 14.1 Å². The van der Waals surface area contributed by atoms with Gasteiger partial charge in [-0.25, -0.2) is 4.98 Å². The number of nitrogens with zero attached hydrogens (tertiary/aromatic N) is 6. The average molecular weight is 1390 g/mol. The molecule has 5 aromatic heterocycles. The fourth-order valence-corrected chi connectivity index (χ4v) is 17.5. The smallest absolute Gasteiger partial charge is 0.143 e. The Hall–Kier alpha value is -14.3. The van der Waals surface area contributed by atoms with Gasteiger partial charge in [-0.05, 0) is 156 Å². The molecule has 9 heteroatoms. The van der Waals surface area contributed by atoms with E-state index in [-0.39, 0.29) is 0 Å². The molecule has 0 radical (unpaired) electrons. The number of para-hydroxylation sites is 11. The number of thiazole rings is 1. The molecule has 0 atom stereocenters. The van der Waals surface area contributed by atoms with E-state index in [1.165, 1.54) is 0 Å². The molecule has 0 fully saturated rings. The number of hydrogen-bond donors (Lipinski definition) is 0. The quantitative estimate of drug-likeness (QED) is 0.114. The van der Waals surface area contributed by atoms with Crippen LogP contribution in [0.1, 0.15) is 5.56 Å². The summed E-state index contributed by atoms with van der Waals surface area (Å²) in [6, 6.07) is 132. The molecule has 0 saturated heterocycles. The second kappa shape index (κ2) is 25.0. The Kier molecular flexibility index (Phi) is 14.3. The SMILES string of the molecule is N#Cc1c(-c2nc3ccccc3s2)c(-c2cccc3c2oc2ccccc23)c(-n2c3ccccc3c3cc(-c4ccc(N(c5ccccc5)c5ccccc5)cc4)ccc32)c(-n2c3ccccc3c3cc(-c4ccc(N(c5ccccc5)c5ccccc5)cc4)ccc32)c1-c1cccc2c1oc1ccccc12. The number of anilines is 6. The zero-order valence-electron chi connectivity index (χ0n) is 57.5. The molecule has 0 N–H and O–H groups in total. The highest BCUT2D eigenvalue weighted by molar-refractivity contribution is 7.21. The van der Waals surface area contributed by atoms with E-state index in [1.807, 2.05) is 30.3 Å². The van der Waals surface area contributed by atoms with Crippen molar-refractivity contribution in [3.8, 4) is 72.5 Å². The van der Waals surface area contributed by atoms with Crippen LogP contribution in [0.15, 0.2) is 373 Å². The van der Waals surface area contributed by atoms with E-state index >= 15 is 0 Å². The van der Waals surface area contributed by atoms with Crippen LogP contribution >= 0.6 is 11.3 Å². The molecule has 0 spiro atoms. The third-order valence-electron chi connectivity index (χ3n) is 21.2. The summed E-state index contributed by atoms with van der Waals surface area (Å²) in [5, 5.41) is 21.8. The van der Waals surface area contributed by atoms with Gasteiger partial charge in [0.25, 0.3) is 0 Å². The lowest BCUT2D eigenvalue weighted by Gasteiger charge is -2.27. The van der Waals surface area contributed by atoms with E-state index < -0.39 is 0 Å². The molecule has 0 aliphatic carbocycles. The summed E-state index contributed by atoms with van der Waals surface area (Å²) in [7, 11) is 0. The maximum atomic E-state index is 13.0. The number of nitriles is 1. The van der Waals surface area contributed by atoms with Crippen molar-refractivity contribution in [3.05, 3.63) is 370 Å². The molecule has 0 bridgehead atoms. The van der Waals surface area contributed by atoms with Crippen LogP contribution in [0.2, 0.25) is 0 Å². The second-order valence-electron chi connectivity index (χ2n) is 27.1. The van der Waals surface area contributed by atoms with Gasteiger partial charge in [0.1, 0.15) is 33.4 Å². The molecule has 0 saturated carbocycles. The third kappa shape index (κ3) is 9.92. The van der Waals surface area contributed by atoms with Crippen LogP contribution in [0.4, 0.5) is 34.1 Å². The molecular weight excluding hydrogens is 1330 g/mol.